The second-order valence-electron chi connectivity index (χ2n) is 5.11. The summed E-state index contributed by atoms with van der Waals surface area (Å²) in [5, 5.41) is 16.9. The highest BCUT2D eigenvalue weighted by Gasteiger charge is 2.20. The first-order chi connectivity index (χ1) is 8.34. The van der Waals surface area contributed by atoms with Crippen LogP contribution in [-0.2, 0) is 11.3 Å². The molecule has 102 valence electrons. The van der Waals surface area contributed by atoms with Crippen molar-refractivity contribution in [1.82, 2.24) is 15.1 Å². The van der Waals surface area contributed by atoms with Crippen LogP contribution in [0.15, 0.2) is 6.07 Å². The highest BCUT2D eigenvalue weighted by Crippen LogP contribution is 2.10. The van der Waals surface area contributed by atoms with E-state index < -0.39 is 5.60 Å². The van der Waals surface area contributed by atoms with Crippen molar-refractivity contribution in [2.24, 2.45) is 0 Å². The lowest BCUT2D eigenvalue weighted by Gasteiger charge is -2.22. The lowest BCUT2D eigenvalue weighted by molar-refractivity contribution is -0.123. The molecule has 0 bridgehead atoms. The molecular weight excluding hydrogens is 230 g/mol. The van der Waals surface area contributed by atoms with Crippen LogP contribution in [0.2, 0.25) is 0 Å². The first kappa shape index (κ1) is 14.7. The molecule has 1 amide bonds. The predicted octanol–water partition coefficient (Wildman–Crippen LogP) is 1.17. The van der Waals surface area contributed by atoms with E-state index in [-0.39, 0.29) is 19.0 Å². The normalized spacial score (nSPS) is 14.3. The zero-order valence-corrected chi connectivity index (χ0v) is 11.7. The molecule has 0 radical (unpaired) electrons. The van der Waals surface area contributed by atoms with E-state index in [1.165, 1.54) is 0 Å². The van der Waals surface area contributed by atoms with E-state index in [1.807, 2.05) is 26.8 Å². The van der Waals surface area contributed by atoms with Gasteiger partial charge in [-0.05, 0) is 33.3 Å². The molecule has 0 fully saturated rings. The number of rotatable bonds is 6. The van der Waals surface area contributed by atoms with E-state index in [9.17, 15) is 9.90 Å². The van der Waals surface area contributed by atoms with Gasteiger partial charge >= 0.3 is 0 Å². The Balaban J connectivity index is 2.45. The molecule has 18 heavy (non-hydrogen) atoms. The molecule has 0 aromatic carbocycles. The van der Waals surface area contributed by atoms with Crippen LogP contribution < -0.4 is 5.32 Å². The van der Waals surface area contributed by atoms with E-state index in [1.54, 1.807) is 11.6 Å². The summed E-state index contributed by atoms with van der Waals surface area (Å²) in [6.07, 6.45) is 1.56. The highest BCUT2D eigenvalue weighted by atomic mass is 16.3. The van der Waals surface area contributed by atoms with Crippen LogP contribution in [0, 0.1) is 13.8 Å². The van der Waals surface area contributed by atoms with Gasteiger partial charge < -0.3 is 10.4 Å². The molecule has 0 saturated heterocycles. The van der Waals surface area contributed by atoms with Gasteiger partial charge in [-0.2, -0.15) is 5.10 Å². The van der Waals surface area contributed by atoms with Gasteiger partial charge in [-0.1, -0.05) is 13.3 Å². The monoisotopic (exact) mass is 253 g/mol. The second-order valence-corrected chi connectivity index (χ2v) is 5.11. The number of hydrogen-bond donors (Lipinski definition) is 2. The zero-order chi connectivity index (χ0) is 13.8. The Morgan fingerprint density at radius 2 is 2.22 bits per heavy atom. The molecule has 0 aliphatic heterocycles. The molecule has 2 N–H and O–H groups in total. The number of amides is 1. The van der Waals surface area contributed by atoms with Crippen LogP contribution in [0.5, 0.6) is 0 Å². The molecule has 0 aliphatic carbocycles. The predicted molar refractivity (Wildman–Crippen MR) is 70.2 cm³/mol. The third-order valence-corrected chi connectivity index (χ3v) is 2.85. The molecule has 0 saturated carbocycles. The van der Waals surface area contributed by atoms with Crippen molar-refractivity contribution in [2.75, 3.05) is 6.54 Å². The van der Waals surface area contributed by atoms with E-state index in [0.29, 0.717) is 6.42 Å². The Morgan fingerprint density at radius 1 is 1.56 bits per heavy atom. The van der Waals surface area contributed by atoms with Crippen molar-refractivity contribution >= 4 is 5.91 Å². The fourth-order valence-corrected chi connectivity index (χ4v) is 1.94. The number of carbonyl (C=O) groups excluding carboxylic acids is 1. The number of aliphatic hydroxyl groups is 1. The Hall–Kier alpha value is -1.36. The highest BCUT2D eigenvalue weighted by molar-refractivity contribution is 5.75. The zero-order valence-electron chi connectivity index (χ0n) is 11.7. The molecule has 1 atom stereocenters. The molecule has 5 nitrogen and oxygen atoms in total. The van der Waals surface area contributed by atoms with Crippen LogP contribution >= 0.6 is 0 Å². The summed E-state index contributed by atoms with van der Waals surface area (Å²) in [6.45, 7) is 8.03. The fourth-order valence-electron chi connectivity index (χ4n) is 1.94. The fraction of sp³-hybridized carbons (Fsp3) is 0.692. The second kappa shape index (κ2) is 6.00. The summed E-state index contributed by atoms with van der Waals surface area (Å²) < 4.78 is 1.67. The molecule has 1 unspecified atom stereocenters. The summed E-state index contributed by atoms with van der Waals surface area (Å²) in [4.78, 5) is 11.7. The minimum atomic E-state index is -0.834. The summed E-state index contributed by atoms with van der Waals surface area (Å²) >= 11 is 0. The summed E-state index contributed by atoms with van der Waals surface area (Å²) in [5.41, 5.74) is 1.03. The number of carbonyl (C=O) groups is 1. The minimum absolute atomic E-state index is 0.127. The molecule has 0 spiro atoms. The van der Waals surface area contributed by atoms with E-state index in [2.05, 4.69) is 10.4 Å². The standard InChI is InChI=1S/C13H23N3O2/c1-5-6-13(4,18)9-14-12(17)8-16-11(3)7-10(2)15-16/h7,18H,5-6,8-9H2,1-4H3,(H,14,17). The topological polar surface area (TPSA) is 67.2 Å². The summed E-state index contributed by atoms with van der Waals surface area (Å²) in [6, 6.07) is 1.93. The summed E-state index contributed by atoms with van der Waals surface area (Å²) in [5.74, 6) is -0.127. The van der Waals surface area contributed by atoms with Crippen LogP contribution in [0.25, 0.3) is 0 Å². The van der Waals surface area contributed by atoms with Gasteiger partial charge in [0.25, 0.3) is 0 Å². The largest absolute Gasteiger partial charge is 0.388 e. The number of nitrogens with one attached hydrogen (secondary N) is 1. The molecule has 1 aromatic heterocycles. The maximum atomic E-state index is 11.7. The van der Waals surface area contributed by atoms with Gasteiger partial charge in [0.2, 0.25) is 5.91 Å². The molecular formula is C13H23N3O2. The molecule has 1 aromatic rings. The Kier molecular flexibility index (Phi) is 4.90. The van der Waals surface area contributed by atoms with Gasteiger partial charge in [0.15, 0.2) is 0 Å². The van der Waals surface area contributed by atoms with Crippen molar-refractivity contribution < 1.29 is 9.90 Å². The van der Waals surface area contributed by atoms with Crippen LogP contribution in [0.1, 0.15) is 38.1 Å². The van der Waals surface area contributed by atoms with Crippen LogP contribution in [0.4, 0.5) is 0 Å². The van der Waals surface area contributed by atoms with Gasteiger partial charge in [-0.15, -0.1) is 0 Å². The van der Waals surface area contributed by atoms with E-state index in [4.69, 9.17) is 0 Å². The minimum Gasteiger partial charge on any atom is -0.388 e. The van der Waals surface area contributed by atoms with Gasteiger partial charge in [0.1, 0.15) is 6.54 Å². The Morgan fingerprint density at radius 3 is 2.72 bits per heavy atom. The average molecular weight is 253 g/mol. The van der Waals surface area contributed by atoms with Gasteiger partial charge in [-0.25, -0.2) is 0 Å². The van der Waals surface area contributed by atoms with E-state index in [0.717, 1.165) is 17.8 Å². The van der Waals surface area contributed by atoms with Gasteiger partial charge in [0, 0.05) is 12.2 Å². The Bertz CT molecular complexity index is 410. The van der Waals surface area contributed by atoms with Gasteiger partial charge in [0.05, 0.1) is 11.3 Å². The van der Waals surface area contributed by atoms with Crippen molar-refractivity contribution in [3.63, 3.8) is 0 Å². The molecule has 1 rings (SSSR count). The molecule has 0 aliphatic rings. The SMILES string of the molecule is CCCC(C)(O)CNC(=O)Cn1nc(C)cc1C. The first-order valence-electron chi connectivity index (χ1n) is 6.34. The first-order valence-corrected chi connectivity index (χ1v) is 6.34. The number of aryl methyl sites for hydroxylation is 2. The lowest BCUT2D eigenvalue weighted by Crippen LogP contribution is -2.41. The number of aromatic nitrogens is 2. The molecule has 1 heterocycles. The molecule has 5 heteroatoms. The Labute approximate surface area is 108 Å². The maximum absolute atomic E-state index is 11.7. The maximum Gasteiger partial charge on any atom is 0.241 e. The average Bonchev–Trinajstić information content (AvgIpc) is 2.55. The van der Waals surface area contributed by atoms with Crippen molar-refractivity contribution in [3.8, 4) is 0 Å². The van der Waals surface area contributed by atoms with Gasteiger partial charge in [-0.3, -0.25) is 9.48 Å². The van der Waals surface area contributed by atoms with Crippen LogP contribution in [0.3, 0.4) is 0 Å². The lowest BCUT2D eigenvalue weighted by atomic mass is 10.0. The van der Waals surface area contributed by atoms with Crippen molar-refractivity contribution in [2.45, 2.75) is 52.7 Å². The third-order valence-electron chi connectivity index (χ3n) is 2.85. The quantitative estimate of drug-likeness (QED) is 0.799. The van der Waals surface area contributed by atoms with Crippen molar-refractivity contribution in [3.05, 3.63) is 17.5 Å². The summed E-state index contributed by atoms with van der Waals surface area (Å²) in [7, 11) is 0. The number of hydrogen-bond acceptors (Lipinski definition) is 3. The number of nitrogens with zero attached hydrogens (tertiary/aromatic N) is 2. The van der Waals surface area contributed by atoms with Crippen molar-refractivity contribution in [1.29, 1.82) is 0 Å². The van der Waals surface area contributed by atoms with Crippen LogP contribution in [-0.4, -0.2) is 32.9 Å². The smallest absolute Gasteiger partial charge is 0.241 e. The van der Waals surface area contributed by atoms with E-state index >= 15 is 0 Å². The third kappa shape index (κ3) is 4.49.